The Kier molecular flexibility index (Phi) is 5.34. The van der Waals surface area contributed by atoms with Crippen LogP contribution in [0.4, 0.5) is 0 Å². The predicted molar refractivity (Wildman–Crippen MR) is 97.4 cm³/mol. The molecule has 6 nitrogen and oxygen atoms in total. The van der Waals surface area contributed by atoms with Gasteiger partial charge in [0, 0.05) is 18.5 Å². The van der Waals surface area contributed by atoms with Gasteiger partial charge in [-0.25, -0.2) is 8.42 Å². The van der Waals surface area contributed by atoms with Crippen LogP contribution in [0, 0.1) is 6.92 Å². The van der Waals surface area contributed by atoms with E-state index in [1.807, 2.05) is 6.92 Å². The third-order valence-corrected chi connectivity index (χ3v) is 6.86. The number of aliphatic hydroxyl groups excluding tert-OH is 2. The fraction of sp³-hybridized carbons (Fsp3) is 0.368. The van der Waals surface area contributed by atoms with Gasteiger partial charge in [0.2, 0.25) is 10.0 Å². The van der Waals surface area contributed by atoms with Crippen molar-refractivity contribution in [2.45, 2.75) is 36.3 Å². The standard InChI is InChI=1S/C19H23NO5S/c1-13-2-8-17(9-3-13)26(24,25)20-11-19(23)18(10-15(20)12-21)14-4-6-16(22)7-5-14/h2-9,15,18-19,21-23H,10-12H2,1H3/t15-,18+,19-/m0/s1. The molecule has 0 aliphatic carbocycles. The Bertz CT molecular complexity index is 849. The van der Waals surface area contributed by atoms with E-state index in [-0.39, 0.29) is 29.7 Å². The van der Waals surface area contributed by atoms with Crippen molar-refractivity contribution in [1.82, 2.24) is 4.31 Å². The minimum Gasteiger partial charge on any atom is -0.508 e. The topological polar surface area (TPSA) is 98.1 Å². The van der Waals surface area contributed by atoms with Crippen molar-refractivity contribution in [2.75, 3.05) is 13.2 Å². The molecule has 2 aromatic carbocycles. The van der Waals surface area contributed by atoms with E-state index in [1.54, 1.807) is 24.3 Å². The first-order chi connectivity index (χ1) is 12.3. The Morgan fingerprint density at radius 1 is 1.08 bits per heavy atom. The Hall–Kier alpha value is -1.93. The molecule has 0 saturated carbocycles. The Labute approximate surface area is 153 Å². The molecular formula is C19H23NO5S. The van der Waals surface area contributed by atoms with Gasteiger partial charge in [0.05, 0.1) is 17.6 Å². The van der Waals surface area contributed by atoms with Crippen LogP contribution in [0.5, 0.6) is 5.75 Å². The van der Waals surface area contributed by atoms with E-state index in [0.29, 0.717) is 6.42 Å². The molecule has 0 spiro atoms. The maximum absolute atomic E-state index is 13.0. The summed E-state index contributed by atoms with van der Waals surface area (Å²) in [6.45, 7) is 1.46. The second kappa shape index (κ2) is 7.36. The number of hydrogen-bond donors (Lipinski definition) is 3. The lowest BCUT2D eigenvalue weighted by atomic mass is 9.84. The van der Waals surface area contributed by atoms with E-state index in [4.69, 9.17) is 0 Å². The highest BCUT2D eigenvalue weighted by atomic mass is 32.2. The Balaban J connectivity index is 1.88. The monoisotopic (exact) mass is 377 g/mol. The van der Waals surface area contributed by atoms with Gasteiger partial charge in [-0.2, -0.15) is 4.31 Å². The quantitative estimate of drug-likeness (QED) is 0.752. The number of aromatic hydroxyl groups is 1. The first kappa shape index (κ1) is 18.8. The summed E-state index contributed by atoms with van der Waals surface area (Å²) in [4.78, 5) is 0.150. The third-order valence-electron chi connectivity index (χ3n) is 4.92. The van der Waals surface area contributed by atoms with Gasteiger partial charge in [-0.1, -0.05) is 29.8 Å². The van der Waals surface area contributed by atoms with Crippen LogP contribution in [0.15, 0.2) is 53.4 Å². The second-order valence-corrected chi connectivity index (χ2v) is 8.62. The Morgan fingerprint density at radius 2 is 1.69 bits per heavy atom. The number of aryl methyl sites for hydroxylation is 1. The van der Waals surface area contributed by atoms with Crippen LogP contribution in [0.1, 0.15) is 23.5 Å². The molecule has 0 aromatic heterocycles. The van der Waals surface area contributed by atoms with Crippen molar-refractivity contribution in [2.24, 2.45) is 0 Å². The number of phenols is 1. The third kappa shape index (κ3) is 3.61. The average Bonchev–Trinajstić information content (AvgIpc) is 2.62. The molecule has 0 radical (unpaired) electrons. The summed E-state index contributed by atoms with van der Waals surface area (Å²) in [6, 6.07) is 12.4. The minimum absolute atomic E-state index is 0.0903. The second-order valence-electron chi connectivity index (χ2n) is 6.73. The highest BCUT2D eigenvalue weighted by molar-refractivity contribution is 7.89. The fourth-order valence-corrected chi connectivity index (χ4v) is 5.06. The summed E-state index contributed by atoms with van der Waals surface area (Å²) in [6.07, 6.45) is -0.601. The lowest BCUT2D eigenvalue weighted by molar-refractivity contribution is 0.0405. The van der Waals surface area contributed by atoms with Crippen molar-refractivity contribution in [3.63, 3.8) is 0 Å². The van der Waals surface area contributed by atoms with E-state index >= 15 is 0 Å². The molecule has 1 saturated heterocycles. The molecule has 1 heterocycles. The molecule has 1 fully saturated rings. The van der Waals surface area contributed by atoms with Crippen molar-refractivity contribution in [3.8, 4) is 5.75 Å². The highest BCUT2D eigenvalue weighted by Gasteiger charge is 2.41. The van der Waals surface area contributed by atoms with Crippen LogP contribution < -0.4 is 0 Å². The van der Waals surface area contributed by atoms with Crippen LogP contribution in [0.25, 0.3) is 0 Å². The zero-order valence-corrected chi connectivity index (χ0v) is 15.3. The van der Waals surface area contributed by atoms with E-state index in [2.05, 4.69) is 0 Å². The van der Waals surface area contributed by atoms with Gasteiger partial charge in [-0.3, -0.25) is 0 Å². The first-order valence-electron chi connectivity index (χ1n) is 8.49. The van der Waals surface area contributed by atoms with Crippen molar-refractivity contribution < 1.29 is 23.7 Å². The van der Waals surface area contributed by atoms with Crippen molar-refractivity contribution in [3.05, 3.63) is 59.7 Å². The molecule has 140 valence electrons. The summed E-state index contributed by atoms with van der Waals surface area (Å²) < 4.78 is 27.1. The van der Waals surface area contributed by atoms with E-state index in [9.17, 15) is 23.7 Å². The molecule has 0 amide bonds. The van der Waals surface area contributed by atoms with Crippen LogP contribution in [0.2, 0.25) is 0 Å². The van der Waals surface area contributed by atoms with Crippen LogP contribution in [0.3, 0.4) is 0 Å². The number of rotatable bonds is 4. The molecule has 26 heavy (non-hydrogen) atoms. The van der Waals surface area contributed by atoms with Crippen LogP contribution in [-0.4, -0.2) is 53.3 Å². The molecule has 0 bridgehead atoms. The largest absolute Gasteiger partial charge is 0.508 e. The zero-order chi connectivity index (χ0) is 18.9. The first-order valence-corrected chi connectivity index (χ1v) is 9.93. The lowest BCUT2D eigenvalue weighted by Crippen LogP contribution is -2.52. The number of piperidine rings is 1. The minimum atomic E-state index is -3.81. The van der Waals surface area contributed by atoms with Crippen LogP contribution in [-0.2, 0) is 10.0 Å². The molecule has 0 unspecified atom stereocenters. The SMILES string of the molecule is Cc1ccc(S(=O)(=O)N2C[C@H](O)[C@@H](c3ccc(O)cc3)C[C@H]2CO)cc1. The van der Waals surface area contributed by atoms with Gasteiger partial charge >= 0.3 is 0 Å². The van der Waals surface area contributed by atoms with Gasteiger partial charge < -0.3 is 15.3 Å². The molecule has 7 heteroatoms. The van der Waals surface area contributed by atoms with Crippen LogP contribution >= 0.6 is 0 Å². The maximum Gasteiger partial charge on any atom is 0.243 e. The molecule has 2 aromatic rings. The number of sulfonamides is 1. The molecule has 1 aliphatic heterocycles. The van der Waals surface area contributed by atoms with Gasteiger partial charge in [-0.05, 0) is 43.2 Å². The fourth-order valence-electron chi connectivity index (χ4n) is 3.41. The summed E-state index contributed by atoms with van der Waals surface area (Å²) in [5, 5.41) is 29.8. The molecule has 3 rings (SSSR count). The molecule has 1 aliphatic rings. The van der Waals surface area contributed by atoms with Gasteiger partial charge in [0.15, 0.2) is 0 Å². The number of phenolic OH excluding ortho intramolecular Hbond substituents is 1. The van der Waals surface area contributed by atoms with E-state index < -0.39 is 22.2 Å². The highest BCUT2D eigenvalue weighted by Crippen LogP contribution is 2.35. The number of nitrogens with zero attached hydrogens (tertiary/aromatic N) is 1. The predicted octanol–water partition coefficient (Wildman–Crippen LogP) is 1.60. The van der Waals surface area contributed by atoms with Gasteiger partial charge in [0.1, 0.15) is 5.75 Å². The summed E-state index contributed by atoms with van der Waals surface area (Å²) in [5.41, 5.74) is 1.76. The normalized spacial score (nSPS) is 24.5. The Morgan fingerprint density at radius 3 is 2.27 bits per heavy atom. The van der Waals surface area contributed by atoms with Gasteiger partial charge in [0.25, 0.3) is 0 Å². The maximum atomic E-state index is 13.0. The van der Waals surface area contributed by atoms with Gasteiger partial charge in [-0.15, -0.1) is 0 Å². The number of hydrogen-bond acceptors (Lipinski definition) is 5. The van der Waals surface area contributed by atoms with E-state index in [1.165, 1.54) is 28.6 Å². The molecule has 3 atom stereocenters. The summed E-state index contributed by atoms with van der Waals surface area (Å²) in [5.74, 6) is -0.182. The smallest absolute Gasteiger partial charge is 0.243 e. The summed E-state index contributed by atoms with van der Waals surface area (Å²) >= 11 is 0. The number of benzene rings is 2. The number of aliphatic hydroxyl groups is 2. The number of β-amino-alcohol motifs (C(OH)–C–C–N with tert-alkyl or cyclic N) is 1. The van der Waals surface area contributed by atoms with E-state index in [0.717, 1.165) is 11.1 Å². The summed E-state index contributed by atoms with van der Waals surface area (Å²) in [7, 11) is -3.81. The van der Waals surface area contributed by atoms with Crippen molar-refractivity contribution in [1.29, 1.82) is 0 Å². The van der Waals surface area contributed by atoms with Crippen molar-refractivity contribution >= 4 is 10.0 Å². The molecular weight excluding hydrogens is 354 g/mol. The average molecular weight is 377 g/mol. The zero-order valence-electron chi connectivity index (χ0n) is 14.5. The lowest BCUT2D eigenvalue weighted by Gasteiger charge is -2.40. The molecule has 3 N–H and O–H groups in total.